The van der Waals surface area contributed by atoms with E-state index in [9.17, 15) is 0 Å². The zero-order valence-corrected chi connectivity index (χ0v) is 7.73. The van der Waals surface area contributed by atoms with E-state index in [1.165, 1.54) is 11.1 Å². The van der Waals surface area contributed by atoms with E-state index in [1.54, 1.807) is 0 Å². The number of hydrogen-bond donors (Lipinski definition) is 4. The van der Waals surface area contributed by atoms with Crippen molar-refractivity contribution in [1.29, 1.82) is 0 Å². The highest BCUT2D eigenvalue weighted by atomic mass is 16.5. The number of nitrogens with two attached hydrogens (primary N) is 1. The molecule has 0 radical (unpaired) electrons. The first-order chi connectivity index (χ1) is 5.91. The third-order valence-electron chi connectivity index (χ3n) is 1.24. The van der Waals surface area contributed by atoms with Gasteiger partial charge in [0, 0.05) is 5.69 Å². The summed E-state index contributed by atoms with van der Waals surface area (Å²) in [5.41, 5.74) is 8.87. The summed E-state index contributed by atoms with van der Waals surface area (Å²) in [5, 5.41) is 21.5. The molecule has 5 heteroatoms. The Balaban J connectivity index is 0.000000310. The fraction of sp³-hybridized carbons (Fsp3) is 0.250. The molecule has 5 N–H and O–H groups in total. The Morgan fingerprint density at radius 3 is 1.54 bits per heavy atom. The van der Waals surface area contributed by atoms with Gasteiger partial charge in [-0.3, -0.25) is 0 Å². The number of anilines is 1. The summed E-state index contributed by atoms with van der Waals surface area (Å²) in [6.07, 6.45) is 0. The zero-order valence-electron chi connectivity index (χ0n) is 7.73. The van der Waals surface area contributed by atoms with Crippen LogP contribution >= 0.6 is 0 Å². The summed E-state index contributed by atoms with van der Waals surface area (Å²) in [6.45, 7) is 4.09. The lowest BCUT2D eigenvalue weighted by molar-refractivity contribution is 0.278. The molecule has 0 aromatic heterocycles. The third-order valence-corrected chi connectivity index (χ3v) is 1.24. The molecule has 0 atom stereocenters. The quantitative estimate of drug-likeness (QED) is 0.332. The Morgan fingerprint density at radius 1 is 1.00 bits per heavy atom. The molecule has 0 unspecified atom stereocenters. The Bertz CT molecular complexity index is 212. The van der Waals surface area contributed by atoms with E-state index in [4.69, 9.17) is 20.8 Å². The van der Waals surface area contributed by atoms with Gasteiger partial charge in [0.2, 0.25) is 0 Å². The number of nitrogen functional groups attached to an aromatic ring is 1. The number of aryl methyl sites for hydroxylation is 2. The molecule has 72 valence electrons. The lowest BCUT2D eigenvalue weighted by atomic mass is 10.1. The van der Waals surface area contributed by atoms with Crippen molar-refractivity contribution in [3.63, 3.8) is 0 Å². The molecule has 0 amide bonds. The van der Waals surface area contributed by atoms with Gasteiger partial charge in [0.05, 0.1) is 0 Å². The maximum atomic E-state index is 7.17. The molecule has 0 saturated carbocycles. The summed E-state index contributed by atoms with van der Waals surface area (Å²) in [7, 11) is -2.17. The summed E-state index contributed by atoms with van der Waals surface area (Å²) in [6, 6.07) is 6.04. The predicted octanol–water partition coefficient (Wildman–Crippen LogP) is -0.166. The van der Waals surface area contributed by atoms with E-state index in [0.29, 0.717) is 0 Å². The van der Waals surface area contributed by atoms with Gasteiger partial charge >= 0.3 is 7.32 Å². The van der Waals surface area contributed by atoms with Crippen molar-refractivity contribution in [2.75, 3.05) is 5.73 Å². The van der Waals surface area contributed by atoms with E-state index in [-0.39, 0.29) is 0 Å². The summed E-state index contributed by atoms with van der Waals surface area (Å²) in [5.74, 6) is 0. The molecule has 0 bridgehead atoms. The number of benzene rings is 1. The first-order valence-corrected chi connectivity index (χ1v) is 3.80. The van der Waals surface area contributed by atoms with Gasteiger partial charge in [0.25, 0.3) is 0 Å². The predicted molar refractivity (Wildman–Crippen MR) is 52.7 cm³/mol. The van der Waals surface area contributed by atoms with Crippen molar-refractivity contribution in [1.82, 2.24) is 0 Å². The van der Waals surface area contributed by atoms with Crippen LogP contribution in [0, 0.1) is 13.8 Å². The van der Waals surface area contributed by atoms with Crippen molar-refractivity contribution in [2.24, 2.45) is 0 Å². The van der Waals surface area contributed by atoms with Gasteiger partial charge in [-0.25, -0.2) is 0 Å². The van der Waals surface area contributed by atoms with Gasteiger partial charge in [0.1, 0.15) is 0 Å². The average Bonchev–Trinajstić information content (AvgIpc) is 1.80. The van der Waals surface area contributed by atoms with Gasteiger partial charge in [-0.05, 0) is 37.1 Å². The van der Waals surface area contributed by atoms with E-state index in [2.05, 4.69) is 6.07 Å². The maximum Gasteiger partial charge on any atom is 0.631 e. The SMILES string of the molecule is Cc1cc(C)cc(N)c1.OB(O)O. The molecule has 0 aliphatic rings. The summed E-state index contributed by atoms with van der Waals surface area (Å²) >= 11 is 0. The zero-order chi connectivity index (χ0) is 10.4. The van der Waals surface area contributed by atoms with Gasteiger partial charge < -0.3 is 20.8 Å². The van der Waals surface area contributed by atoms with Crippen molar-refractivity contribution >= 4 is 13.0 Å². The molecular formula is C8H14BNO3. The van der Waals surface area contributed by atoms with Crippen molar-refractivity contribution in [3.8, 4) is 0 Å². The minimum absolute atomic E-state index is 0.854. The second kappa shape index (κ2) is 5.58. The second-order valence-corrected chi connectivity index (χ2v) is 2.77. The Morgan fingerprint density at radius 2 is 1.31 bits per heavy atom. The van der Waals surface area contributed by atoms with Crippen LogP contribution in [0.5, 0.6) is 0 Å². The smallest absolute Gasteiger partial charge is 0.402 e. The number of rotatable bonds is 0. The fourth-order valence-corrected chi connectivity index (χ4v) is 1.01. The molecule has 1 rings (SSSR count). The highest BCUT2D eigenvalue weighted by Gasteiger charge is 1.92. The highest BCUT2D eigenvalue weighted by molar-refractivity contribution is 6.30. The van der Waals surface area contributed by atoms with Gasteiger partial charge in [-0.2, -0.15) is 0 Å². The molecular weight excluding hydrogens is 169 g/mol. The van der Waals surface area contributed by atoms with Gasteiger partial charge in [-0.1, -0.05) is 6.07 Å². The Hall–Kier alpha value is -1.04. The van der Waals surface area contributed by atoms with E-state index >= 15 is 0 Å². The van der Waals surface area contributed by atoms with Gasteiger partial charge in [0.15, 0.2) is 0 Å². The Labute approximate surface area is 77.8 Å². The molecule has 1 aromatic rings. The molecule has 0 fully saturated rings. The van der Waals surface area contributed by atoms with Crippen LogP contribution in [0.15, 0.2) is 18.2 Å². The lowest BCUT2D eigenvalue weighted by Crippen LogP contribution is -2.07. The topological polar surface area (TPSA) is 86.7 Å². The Kier molecular flexibility index (Phi) is 5.14. The first-order valence-electron chi connectivity index (χ1n) is 3.80. The van der Waals surface area contributed by atoms with Crippen LogP contribution in [0.3, 0.4) is 0 Å². The van der Waals surface area contributed by atoms with E-state index < -0.39 is 7.32 Å². The normalized spacial score (nSPS) is 8.69. The highest BCUT2D eigenvalue weighted by Crippen LogP contribution is 2.08. The van der Waals surface area contributed by atoms with Crippen LogP contribution in [0.1, 0.15) is 11.1 Å². The average molecular weight is 183 g/mol. The summed E-state index contributed by atoms with van der Waals surface area (Å²) < 4.78 is 0. The minimum Gasteiger partial charge on any atom is -0.402 e. The van der Waals surface area contributed by atoms with Crippen LogP contribution in [-0.4, -0.2) is 22.4 Å². The molecule has 1 aromatic carbocycles. The molecule has 4 nitrogen and oxygen atoms in total. The fourth-order valence-electron chi connectivity index (χ4n) is 1.01. The monoisotopic (exact) mass is 183 g/mol. The van der Waals surface area contributed by atoms with Crippen LogP contribution in [-0.2, 0) is 0 Å². The number of hydrogen-bond acceptors (Lipinski definition) is 4. The molecule has 0 aliphatic heterocycles. The standard InChI is InChI=1S/C8H11N.BH3O3/c1-6-3-7(2)5-8(9)4-6;2-1(3)4/h3-5H,9H2,1-2H3;2-4H. The first kappa shape index (κ1) is 12.0. The summed E-state index contributed by atoms with van der Waals surface area (Å²) in [4.78, 5) is 0. The molecule has 0 saturated heterocycles. The van der Waals surface area contributed by atoms with Crippen LogP contribution < -0.4 is 5.73 Å². The third kappa shape index (κ3) is 7.33. The van der Waals surface area contributed by atoms with Crippen molar-refractivity contribution in [3.05, 3.63) is 29.3 Å². The van der Waals surface area contributed by atoms with Crippen LogP contribution in [0.4, 0.5) is 5.69 Å². The largest absolute Gasteiger partial charge is 0.631 e. The van der Waals surface area contributed by atoms with Crippen molar-refractivity contribution < 1.29 is 15.1 Å². The van der Waals surface area contributed by atoms with Crippen LogP contribution in [0.25, 0.3) is 0 Å². The van der Waals surface area contributed by atoms with Crippen molar-refractivity contribution in [2.45, 2.75) is 13.8 Å². The lowest BCUT2D eigenvalue weighted by Gasteiger charge is -1.97. The van der Waals surface area contributed by atoms with Crippen LogP contribution in [0.2, 0.25) is 0 Å². The van der Waals surface area contributed by atoms with E-state index in [0.717, 1.165) is 5.69 Å². The second-order valence-electron chi connectivity index (χ2n) is 2.77. The molecule has 0 aliphatic carbocycles. The molecule has 0 spiro atoms. The maximum absolute atomic E-state index is 7.17. The minimum atomic E-state index is -2.17. The molecule has 13 heavy (non-hydrogen) atoms. The van der Waals surface area contributed by atoms with E-state index in [1.807, 2.05) is 26.0 Å². The van der Waals surface area contributed by atoms with Gasteiger partial charge in [-0.15, -0.1) is 0 Å². The molecule has 0 heterocycles.